The first-order chi connectivity index (χ1) is 7.38. The maximum atomic E-state index is 5.64. The van der Waals surface area contributed by atoms with Crippen molar-refractivity contribution in [2.45, 2.75) is 18.9 Å². The van der Waals surface area contributed by atoms with E-state index in [1.54, 1.807) is 0 Å². The number of nitrogens with zero attached hydrogens (tertiary/aromatic N) is 2. The van der Waals surface area contributed by atoms with Crippen molar-refractivity contribution in [2.75, 3.05) is 45.9 Å². The van der Waals surface area contributed by atoms with E-state index in [-0.39, 0.29) is 0 Å². The highest BCUT2D eigenvalue weighted by Gasteiger charge is 2.22. The van der Waals surface area contributed by atoms with Gasteiger partial charge in [0.1, 0.15) is 0 Å². The van der Waals surface area contributed by atoms with Crippen LogP contribution in [0.5, 0.6) is 0 Å². The van der Waals surface area contributed by atoms with Gasteiger partial charge in [-0.15, -0.1) is 6.42 Å². The van der Waals surface area contributed by atoms with E-state index < -0.39 is 0 Å². The molecule has 2 aliphatic heterocycles. The molecule has 0 N–H and O–H groups in total. The monoisotopic (exact) mass is 208 g/mol. The van der Waals surface area contributed by atoms with Gasteiger partial charge in [0.2, 0.25) is 0 Å². The molecular weight excluding hydrogens is 188 g/mol. The molecular formula is C12H20N2O. The zero-order valence-corrected chi connectivity index (χ0v) is 9.32. The predicted octanol–water partition coefficient (Wildman–Crippen LogP) is 0.416. The van der Waals surface area contributed by atoms with E-state index in [0.29, 0.717) is 6.10 Å². The van der Waals surface area contributed by atoms with E-state index >= 15 is 0 Å². The van der Waals surface area contributed by atoms with Crippen LogP contribution in [0.2, 0.25) is 0 Å². The molecule has 0 aromatic rings. The average molecular weight is 208 g/mol. The van der Waals surface area contributed by atoms with Gasteiger partial charge in [-0.05, 0) is 12.8 Å². The van der Waals surface area contributed by atoms with E-state index in [2.05, 4.69) is 15.7 Å². The predicted molar refractivity (Wildman–Crippen MR) is 60.7 cm³/mol. The minimum absolute atomic E-state index is 0.490. The van der Waals surface area contributed by atoms with Crippen molar-refractivity contribution in [3.63, 3.8) is 0 Å². The second-order valence-corrected chi connectivity index (χ2v) is 4.42. The van der Waals surface area contributed by atoms with Crippen LogP contribution in [0.25, 0.3) is 0 Å². The Bertz CT molecular complexity index is 222. The summed E-state index contributed by atoms with van der Waals surface area (Å²) in [4.78, 5) is 4.84. The van der Waals surface area contributed by atoms with Gasteiger partial charge in [0, 0.05) is 39.3 Å². The first kappa shape index (κ1) is 10.9. The van der Waals surface area contributed by atoms with Crippen molar-refractivity contribution in [3.8, 4) is 12.3 Å². The minimum Gasteiger partial charge on any atom is -0.377 e. The first-order valence-electron chi connectivity index (χ1n) is 5.88. The van der Waals surface area contributed by atoms with Gasteiger partial charge in [-0.3, -0.25) is 9.80 Å². The molecule has 84 valence electrons. The van der Waals surface area contributed by atoms with E-state index in [1.807, 2.05) is 0 Å². The summed E-state index contributed by atoms with van der Waals surface area (Å²) in [6.45, 7) is 7.37. The number of hydrogen-bond donors (Lipinski definition) is 0. The third-order valence-corrected chi connectivity index (χ3v) is 3.27. The maximum Gasteiger partial charge on any atom is 0.0702 e. The van der Waals surface area contributed by atoms with Gasteiger partial charge in [-0.2, -0.15) is 0 Å². The molecule has 15 heavy (non-hydrogen) atoms. The van der Waals surface area contributed by atoms with E-state index in [4.69, 9.17) is 11.2 Å². The largest absolute Gasteiger partial charge is 0.377 e. The fourth-order valence-electron chi connectivity index (χ4n) is 2.34. The Morgan fingerprint density at radius 1 is 1.20 bits per heavy atom. The molecule has 0 aliphatic carbocycles. The summed E-state index contributed by atoms with van der Waals surface area (Å²) in [5.41, 5.74) is 0. The van der Waals surface area contributed by atoms with Crippen molar-refractivity contribution < 1.29 is 4.74 Å². The van der Waals surface area contributed by atoms with Crippen LogP contribution in [0.3, 0.4) is 0 Å². The van der Waals surface area contributed by atoms with Gasteiger partial charge in [0.15, 0.2) is 0 Å². The summed E-state index contributed by atoms with van der Waals surface area (Å²) in [5.74, 6) is 2.71. The molecule has 0 amide bonds. The van der Waals surface area contributed by atoms with Crippen LogP contribution in [0, 0.1) is 12.3 Å². The van der Waals surface area contributed by atoms with Crippen LogP contribution in [-0.4, -0.2) is 61.8 Å². The van der Waals surface area contributed by atoms with Gasteiger partial charge < -0.3 is 4.74 Å². The Hall–Kier alpha value is -0.560. The van der Waals surface area contributed by atoms with Crippen LogP contribution in [0.15, 0.2) is 0 Å². The molecule has 2 aliphatic rings. The lowest BCUT2D eigenvalue weighted by molar-refractivity contribution is 0.0530. The smallest absolute Gasteiger partial charge is 0.0702 e. The maximum absolute atomic E-state index is 5.64. The number of terminal acetylenes is 1. The molecule has 3 nitrogen and oxygen atoms in total. The molecule has 2 rings (SSSR count). The van der Waals surface area contributed by atoms with E-state index in [9.17, 15) is 0 Å². The Labute approximate surface area is 92.4 Å². The third-order valence-electron chi connectivity index (χ3n) is 3.27. The standard InChI is InChI=1S/C12H20N2O/c1-2-5-13-6-8-14(9-7-13)11-12-4-3-10-15-12/h1,12H,3-11H2. The molecule has 0 aromatic heterocycles. The summed E-state index contributed by atoms with van der Waals surface area (Å²) >= 11 is 0. The highest BCUT2D eigenvalue weighted by Crippen LogP contribution is 2.14. The molecule has 2 saturated heterocycles. The summed E-state index contributed by atoms with van der Waals surface area (Å²) < 4.78 is 5.64. The molecule has 0 radical (unpaired) electrons. The molecule has 0 bridgehead atoms. The first-order valence-corrected chi connectivity index (χ1v) is 5.88. The third kappa shape index (κ3) is 3.20. The molecule has 0 aromatic carbocycles. The lowest BCUT2D eigenvalue weighted by atomic mass is 10.2. The van der Waals surface area contributed by atoms with Crippen LogP contribution in [0.1, 0.15) is 12.8 Å². The number of piperazine rings is 1. The second-order valence-electron chi connectivity index (χ2n) is 4.42. The lowest BCUT2D eigenvalue weighted by Gasteiger charge is -2.34. The summed E-state index contributed by atoms with van der Waals surface area (Å²) in [6.07, 6.45) is 8.27. The van der Waals surface area contributed by atoms with Crippen molar-refractivity contribution >= 4 is 0 Å². The van der Waals surface area contributed by atoms with E-state index in [1.165, 1.54) is 12.8 Å². The van der Waals surface area contributed by atoms with E-state index in [0.717, 1.165) is 45.9 Å². The highest BCUT2D eigenvalue weighted by atomic mass is 16.5. The zero-order valence-electron chi connectivity index (χ0n) is 9.32. The van der Waals surface area contributed by atoms with Gasteiger partial charge >= 0.3 is 0 Å². The number of hydrogen-bond acceptors (Lipinski definition) is 3. The van der Waals surface area contributed by atoms with Crippen LogP contribution in [0.4, 0.5) is 0 Å². The van der Waals surface area contributed by atoms with Gasteiger partial charge in [0.05, 0.1) is 12.6 Å². The topological polar surface area (TPSA) is 15.7 Å². The fourth-order valence-corrected chi connectivity index (χ4v) is 2.34. The Balaban J connectivity index is 1.67. The molecule has 1 atom stereocenters. The lowest BCUT2D eigenvalue weighted by Crippen LogP contribution is -2.48. The average Bonchev–Trinajstić information content (AvgIpc) is 2.74. The highest BCUT2D eigenvalue weighted by molar-refractivity contribution is 4.90. The van der Waals surface area contributed by atoms with Crippen molar-refractivity contribution in [1.82, 2.24) is 9.80 Å². The molecule has 0 spiro atoms. The quantitative estimate of drug-likeness (QED) is 0.625. The molecule has 0 saturated carbocycles. The Morgan fingerprint density at radius 2 is 1.93 bits per heavy atom. The molecule has 3 heteroatoms. The molecule has 2 fully saturated rings. The SMILES string of the molecule is C#CCN1CCN(CC2CCCO2)CC1. The molecule has 2 heterocycles. The van der Waals surface area contributed by atoms with Crippen LogP contribution >= 0.6 is 0 Å². The summed E-state index contributed by atoms with van der Waals surface area (Å²) in [5, 5.41) is 0. The van der Waals surface area contributed by atoms with Gasteiger partial charge in [0.25, 0.3) is 0 Å². The summed E-state index contributed by atoms with van der Waals surface area (Å²) in [7, 11) is 0. The van der Waals surface area contributed by atoms with Crippen molar-refractivity contribution in [2.24, 2.45) is 0 Å². The zero-order chi connectivity index (χ0) is 10.5. The second kappa shape index (κ2) is 5.50. The molecule has 1 unspecified atom stereocenters. The summed E-state index contributed by atoms with van der Waals surface area (Å²) in [6, 6.07) is 0. The van der Waals surface area contributed by atoms with Crippen LogP contribution < -0.4 is 0 Å². The number of rotatable bonds is 3. The fraction of sp³-hybridized carbons (Fsp3) is 0.833. The normalized spacial score (nSPS) is 29.1. The van der Waals surface area contributed by atoms with Gasteiger partial charge in [-0.25, -0.2) is 0 Å². The minimum atomic E-state index is 0.490. The van der Waals surface area contributed by atoms with Gasteiger partial charge in [-0.1, -0.05) is 5.92 Å². The Kier molecular flexibility index (Phi) is 4.01. The van der Waals surface area contributed by atoms with Crippen LogP contribution in [-0.2, 0) is 4.74 Å². The number of ether oxygens (including phenoxy) is 1. The van der Waals surface area contributed by atoms with Crippen molar-refractivity contribution in [3.05, 3.63) is 0 Å². The Morgan fingerprint density at radius 3 is 2.53 bits per heavy atom. The van der Waals surface area contributed by atoms with Crippen molar-refractivity contribution in [1.29, 1.82) is 0 Å².